The van der Waals surface area contributed by atoms with E-state index in [2.05, 4.69) is 20.5 Å². The molecule has 1 amide bonds. The number of aromatic nitrogens is 4. The molecule has 0 aliphatic heterocycles. The van der Waals surface area contributed by atoms with Crippen LogP contribution in [0.3, 0.4) is 0 Å². The van der Waals surface area contributed by atoms with Gasteiger partial charge in [-0.3, -0.25) is 9.63 Å². The Morgan fingerprint density at radius 1 is 1.15 bits per heavy atom. The van der Waals surface area contributed by atoms with Crippen molar-refractivity contribution in [3.05, 3.63) is 76.6 Å². The Bertz CT molecular complexity index is 1190. The van der Waals surface area contributed by atoms with Crippen LogP contribution in [0.15, 0.2) is 53.6 Å². The SMILES string of the molecule is CON(C)C(=O)c1cccc(Cn2nnc(C/C(N)=N/N(N)Cc3cccc(C(=O)O)c3)n2)c1. The Balaban J connectivity index is 1.60. The van der Waals surface area contributed by atoms with Crippen molar-refractivity contribution in [2.24, 2.45) is 16.7 Å². The van der Waals surface area contributed by atoms with E-state index in [1.165, 1.54) is 31.1 Å². The number of amidine groups is 1. The third-order valence-electron chi connectivity index (χ3n) is 4.67. The number of nitrogens with two attached hydrogens (primary N) is 2. The maximum absolute atomic E-state index is 12.2. The van der Waals surface area contributed by atoms with Gasteiger partial charge in [0.25, 0.3) is 5.91 Å². The van der Waals surface area contributed by atoms with Crippen LogP contribution in [-0.2, 0) is 24.3 Å². The van der Waals surface area contributed by atoms with Crippen LogP contribution in [0.1, 0.15) is 37.7 Å². The van der Waals surface area contributed by atoms with E-state index in [9.17, 15) is 9.59 Å². The first-order chi connectivity index (χ1) is 16.2. The second-order valence-electron chi connectivity index (χ2n) is 7.29. The Kier molecular flexibility index (Phi) is 7.84. The highest BCUT2D eigenvalue weighted by Gasteiger charge is 2.13. The second kappa shape index (κ2) is 11.0. The third kappa shape index (κ3) is 6.57. The predicted octanol–water partition coefficient (Wildman–Crippen LogP) is 0.244. The summed E-state index contributed by atoms with van der Waals surface area (Å²) in [7, 11) is 2.94. The molecule has 0 unspecified atom stereocenters. The van der Waals surface area contributed by atoms with Crippen LogP contribution < -0.4 is 11.6 Å². The Morgan fingerprint density at radius 3 is 2.53 bits per heavy atom. The smallest absolute Gasteiger partial charge is 0.335 e. The van der Waals surface area contributed by atoms with Gasteiger partial charge in [-0.25, -0.2) is 20.8 Å². The number of aromatic carboxylic acids is 1. The quantitative estimate of drug-likeness (QED) is 0.162. The molecule has 13 nitrogen and oxygen atoms in total. The average molecular weight is 467 g/mol. The van der Waals surface area contributed by atoms with Gasteiger partial charge in [-0.05, 0) is 40.6 Å². The number of benzene rings is 2. The summed E-state index contributed by atoms with van der Waals surface area (Å²) in [4.78, 5) is 29.6. The van der Waals surface area contributed by atoms with Crippen molar-refractivity contribution in [2.75, 3.05) is 14.2 Å². The van der Waals surface area contributed by atoms with Gasteiger partial charge in [0, 0.05) is 12.6 Å². The van der Waals surface area contributed by atoms with Gasteiger partial charge in [0.15, 0.2) is 5.82 Å². The van der Waals surface area contributed by atoms with Crippen LogP contribution in [0, 0.1) is 0 Å². The van der Waals surface area contributed by atoms with Crippen molar-refractivity contribution in [1.82, 2.24) is 30.4 Å². The van der Waals surface area contributed by atoms with E-state index in [4.69, 9.17) is 21.5 Å². The number of hydrazine groups is 1. The molecule has 0 fully saturated rings. The Labute approximate surface area is 195 Å². The number of carbonyl (C=O) groups excluding carboxylic acids is 1. The van der Waals surface area contributed by atoms with E-state index in [0.717, 1.165) is 15.7 Å². The first-order valence-electron chi connectivity index (χ1n) is 10.1. The highest BCUT2D eigenvalue weighted by molar-refractivity contribution is 5.93. The summed E-state index contributed by atoms with van der Waals surface area (Å²) < 4.78 is 0. The standard InChI is InChI=1S/C21H25N9O4/c1-28(34-2)20(31)16-7-3-6-15(9-16)13-30-26-19(24-27-30)11-18(22)25-29(23)12-14-5-4-8-17(10-14)21(32)33/h3-10H,11-13,23H2,1-2H3,(H2,22,25)(H,32,33). The number of amides is 1. The van der Waals surface area contributed by atoms with Crippen LogP contribution in [0.25, 0.3) is 0 Å². The van der Waals surface area contributed by atoms with Crippen molar-refractivity contribution in [1.29, 1.82) is 0 Å². The van der Waals surface area contributed by atoms with Gasteiger partial charge >= 0.3 is 5.97 Å². The summed E-state index contributed by atoms with van der Waals surface area (Å²) in [6.45, 7) is 0.458. The number of carboxylic acid groups (broad SMARTS) is 1. The summed E-state index contributed by atoms with van der Waals surface area (Å²) >= 11 is 0. The number of carbonyl (C=O) groups is 2. The van der Waals surface area contributed by atoms with Gasteiger partial charge in [0.1, 0.15) is 5.84 Å². The topological polar surface area (TPSA) is 178 Å². The van der Waals surface area contributed by atoms with Crippen molar-refractivity contribution < 1.29 is 19.5 Å². The van der Waals surface area contributed by atoms with Gasteiger partial charge in [-0.15, -0.1) is 15.3 Å². The number of rotatable bonds is 10. The van der Waals surface area contributed by atoms with Gasteiger partial charge in [0.05, 0.1) is 32.2 Å². The molecule has 178 valence electrons. The molecular weight excluding hydrogens is 442 g/mol. The minimum Gasteiger partial charge on any atom is -0.478 e. The van der Waals surface area contributed by atoms with Gasteiger partial charge in [-0.2, -0.15) is 4.80 Å². The normalized spacial score (nSPS) is 11.3. The minimum absolute atomic E-state index is 0.111. The fraction of sp³-hybridized carbons (Fsp3) is 0.238. The Hall–Kier alpha value is -4.36. The van der Waals surface area contributed by atoms with Crippen LogP contribution in [-0.4, -0.2) is 67.4 Å². The van der Waals surface area contributed by atoms with Gasteiger partial charge in [-0.1, -0.05) is 24.3 Å². The van der Waals surface area contributed by atoms with E-state index in [1.807, 2.05) is 6.07 Å². The molecule has 13 heteroatoms. The zero-order chi connectivity index (χ0) is 24.7. The number of hydrogen-bond acceptors (Lipinski definition) is 9. The lowest BCUT2D eigenvalue weighted by molar-refractivity contribution is -0.0757. The number of hydrogen-bond donors (Lipinski definition) is 3. The first kappa shape index (κ1) is 24.3. The number of tetrazole rings is 1. The van der Waals surface area contributed by atoms with Crippen LogP contribution in [0.2, 0.25) is 0 Å². The summed E-state index contributed by atoms with van der Waals surface area (Å²) in [5, 5.41) is 27.7. The number of hydroxylamine groups is 2. The van der Waals surface area contributed by atoms with E-state index < -0.39 is 5.97 Å². The number of carboxylic acids is 1. The molecule has 0 aliphatic carbocycles. The fourth-order valence-corrected chi connectivity index (χ4v) is 3.03. The summed E-state index contributed by atoms with van der Waals surface area (Å²) in [6, 6.07) is 13.4. The summed E-state index contributed by atoms with van der Waals surface area (Å²) in [5.74, 6) is 5.08. The molecule has 34 heavy (non-hydrogen) atoms. The van der Waals surface area contributed by atoms with E-state index in [0.29, 0.717) is 23.5 Å². The molecule has 0 saturated carbocycles. The molecule has 0 radical (unpaired) electrons. The number of hydrazone groups is 1. The molecule has 1 heterocycles. The molecule has 3 aromatic rings. The average Bonchev–Trinajstić information content (AvgIpc) is 3.24. The zero-order valence-corrected chi connectivity index (χ0v) is 18.7. The molecular formula is C21H25N9O4. The highest BCUT2D eigenvalue weighted by atomic mass is 16.7. The second-order valence-corrected chi connectivity index (χ2v) is 7.29. The number of nitrogens with zero attached hydrogens (tertiary/aromatic N) is 7. The molecule has 0 bridgehead atoms. The Morgan fingerprint density at radius 2 is 1.82 bits per heavy atom. The molecule has 0 atom stereocenters. The molecule has 1 aromatic heterocycles. The van der Waals surface area contributed by atoms with Gasteiger partial charge in [0.2, 0.25) is 0 Å². The van der Waals surface area contributed by atoms with Crippen LogP contribution in [0.4, 0.5) is 0 Å². The highest BCUT2D eigenvalue weighted by Crippen LogP contribution is 2.10. The van der Waals surface area contributed by atoms with Crippen LogP contribution in [0.5, 0.6) is 0 Å². The minimum atomic E-state index is -1.02. The molecule has 5 N–H and O–H groups in total. The lowest BCUT2D eigenvalue weighted by Gasteiger charge is -2.14. The zero-order valence-electron chi connectivity index (χ0n) is 18.7. The van der Waals surface area contributed by atoms with Gasteiger partial charge < -0.3 is 10.8 Å². The van der Waals surface area contributed by atoms with Crippen molar-refractivity contribution in [2.45, 2.75) is 19.5 Å². The summed E-state index contributed by atoms with van der Waals surface area (Å²) in [6.07, 6.45) is 0.111. The van der Waals surface area contributed by atoms with E-state index in [1.54, 1.807) is 30.3 Å². The molecule has 2 aromatic carbocycles. The lowest BCUT2D eigenvalue weighted by Crippen LogP contribution is -2.29. The lowest BCUT2D eigenvalue weighted by atomic mass is 10.1. The molecule has 0 spiro atoms. The predicted molar refractivity (Wildman–Crippen MR) is 121 cm³/mol. The maximum Gasteiger partial charge on any atom is 0.335 e. The summed E-state index contributed by atoms with van der Waals surface area (Å²) in [5.41, 5.74) is 8.05. The third-order valence-corrected chi connectivity index (χ3v) is 4.67. The largest absolute Gasteiger partial charge is 0.478 e. The van der Waals surface area contributed by atoms with Crippen molar-refractivity contribution >= 4 is 17.7 Å². The monoisotopic (exact) mass is 467 g/mol. The molecule has 0 saturated heterocycles. The van der Waals surface area contributed by atoms with E-state index in [-0.39, 0.29) is 30.3 Å². The van der Waals surface area contributed by atoms with E-state index >= 15 is 0 Å². The first-order valence-corrected chi connectivity index (χ1v) is 10.1. The van der Waals surface area contributed by atoms with Crippen LogP contribution >= 0.6 is 0 Å². The fourth-order valence-electron chi connectivity index (χ4n) is 3.03. The maximum atomic E-state index is 12.2. The molecule has 0 aliphatic rings. The van der Waals surface area contributed by atoms with Crippen molar-refractivity contribution in [3.63, 3.8) is 0 Å². The molecule has 3 rings (SSSR count). The van der Waals surface area contributed by atoms with Crippen molar-refractivity contribution in [3.8, 4) is 0 Å².